The smallest absolute Gasteiger partial charge is 0.169 e. The van der Waals surface area contributed by atoms with Gasteiger partial charge in [-0.15, -0.1) is 0 Å². The summed E-state index contributed by atoms with van der Waals surface area (Å²) in [7, 11) is 0. The van der Waals surface area contributed by atoms with Crippen molar-refractivity contribution in [3.05, 3.63) is 60.2 Å². The van der Waals surface area contributed by atoms with E-state index in [1.54, 1.807) is 0 Å². The van der Waals surface area contributed by atoms with E-state index in [1.807, 2.05) is 0 Å². The van der Waals surface area contributed by atoms with Gasteiger partial charge in [0.15, 0.2) is 24.8 Å². The Morgan fingerprint density at radius 3 is 1.04 bits per heavy atom. The molecule has 2 aromatic heterocycles. The summed E-state index contributed by atoms with van der Waals surface area (Å²) in [6, 6.07) is 8.78. The highest BCUT2D eigenvalue weighted by atomic mass is 14.9. The lowest BCUT2D eigenvalue weighted by Gasteiger charge is -2.02. The Kier molecular flexibility index (Phi) is 10.0. The van der Waals surface area contributed by atoms with Crippen molar-refractivity contribution in [2.45, 2.75) is 91.1 Å². The average molecular weight is 355 g/mol. The Morgan fingerprint density at radius 1 is 0.462 bits per heavy atom. The molecule has 142 valence electrons. The van der Waals surface area contributed by atoms with Crippen molar-refractivity contribution in [2.75, 3.05) is 0 Å². The van der Waals surface area contributed by atoms with Crippen LogP contribution in [-0.4, -0.2) is 0 Å². The first-order valence-electron chi connectivity index (χ1n) is 10.7. The summed E-state index contributed by atoms with van der Waals surface area (Å²) in [5.74, 6) is 0. The van der Waals surface area contributed by atoms with Gasteiger partial charge in [-0.2, -0.15) is 0 Å². The monoisotopic (exact) mass is 354 g/mol. The van der Waals surface area contributed by atoms with Gasteiger partial charge in [-0.1, -0.05) is 38.5 Å². The first-order valence-corrected chi connectivity index (χ1v) is 10.7. The second kappa shape index (κ2) is 12.6. The molecule has 2 aromatic rings. The van der Waals surface area contributed by atoms with E-state index >= 15 is 0 Å². The Hall–Kier alpha value is -1.70. The molecular formula is C24H38N2+2. The summed E-state index contributed by atoms with van der Waals surface area (Å²) in [6.07, 6.45) is 22.6. The third kappa shape index (κ3) is 9.12. The van der Waals surface area contributed by atoms with Crippen LogP contribution in [0.25, 0.3) is 0 Å². The fourth-order valence-electron chi connectivity index (χ4n) is 3.36. The van der Waals surface area contributed by atoms with Gasteiger partial charge in [-0.3, -0.25) is 0 Å². The van der Waals surface area contributed by atoms with Crippen molar-refractivity contribution < 1.29 is 9.13 Å². The average Bonchev–Trinajstić information content (AvgIpc) is 2.65. The van der Waals surface area contributed by atoms with E-state index in [1.165, 1.54) is 88.4 Å². The summed E-state index contributed by atoms with van der Waals surface area (Å²) in [6.45, 7) is 6.62. The normalized spacial score (nSPS) is 11.0. The molecule has 2 nitrogen and oxygen atoms in total. The third-order valence-electron chi connectivity index (χ3n) is 5.20. The zero-order chi connectivity index (χ0) is 18.5. The molecule has 0 amide bonds. The van der Waals surface area contributed by atoms with E-state index in [9.17, 15) is 0 Å². The molecule has 0 N–H and O–H groups in total. The van der Waals surface area contributed by atoms with Crippen molar-refractivity contribution >= 4 is 0 Å². The van der Waals surface area contributed by atoms with Crippen LogP contribution in [0.4, 0.5) is 0 Å². The summed E-state index contributed by atoms with van der Waals surface area (Å²) in [4.78, 5) is 0. The van der Waals surface area contributed by atoms with Crippen LogP contribution in [0, 0.1) is 13.8 Å². The van der Waals surface area contributed by atoms with Gasteiger partial charge < -0.3 is 0 Å². The molecule has 2 rings (SSSR count). The minimum atomic E-state index is 1.17. The molecule has 0 aliphatic heterocycles. The van der Waals surface area contributed by atoms with Crippen LogP contribution >= 0.6 is 0 Å². The first-order chi connectivity index (χ1) is 12.7. The molecular weight excluding hydrogens is 316 g/mol. The molecule has 0 saturated carbocycles. The number of hydrogen-bond donors (Lipinski definition) is 0. The van der Waals surface area contributed by atoms with Crippen molar-refractivity contribution in [2.24, 2.45) is 0 Å². The van der Waals surface area contributed by atoms with E-state index in [2.05, 4.69) is 72.0 Å². The minimum absolute atomic E-state index is 1.17. The molecule has 0 unspecified atom stereocenters. The van der Waals surface area contributed by atoms with E-state index in [0.717, 1.165) is 0 Å². The lowest BCUT2D eigenvalue weighted by atomic mass is 10.1. The Balaban J connectivity index is 1.35. The number of aromatic nitrogens is 2. The summed E-state index contributed by atoms with van der Waals surface area (Å²) in [5.41, 5.74) is 2.69. The van der Waals surface area contributed by atoms with Gasteiger partial charge in [-0.05, 0) is 37.8 Å². The van der Waals surface area contributed by atoms with E-state index in [4.69, 9.17) is 0 Å². The van der Waals surface area contributed by atoms with Gasteiger partial charge in [0.2, 0.25) is 0 Å². The quantitative estimate of drug-likeness (QED) is 0.332. The SMILES string of the molecule is Cc1cc[n+](CCCCCCCCCCCC[n+]2ccc(C)cc2)cc1. The number of unbranched alkanes of at least 4 members (excludes halogenated alkanes) is 9. The first kappa shape index (κ1) is 20.6. The molecule has 0 aliphatic carbocycles. The van der Waals surface area contributed by atoms with E-state index in [-0.39, 0.29) is 0 Å². The fraction of sp³-hybridized carbons (Fsp3) is 0.583. The number of nitrogens with zero attached hydrogens (tertiary/aromatic N) is 2. The van der Waals surface area contributed by atoms with Crippen LogP contribution in [0.5, 0.6) is 0 Å². The van der Waals surface area contributed by atoms with Crippen LogP contribution < -0.4 is 9.13 Å². The molecule has 0 spiro atoms. The maximum Gasteiger partial charge on any atom is 0.169 e. The van der Waals surface area contributed by atoms with Gasteiger partial charge >= 0.3 is 0 Å². The highest BCUT2D eigenvalue weighted by molar-refractivity contribution is 5.03. The van der Waals surface area contributed by atoms with Crippen LogP contribution in [0.15, 0.2) is 49.1 Å². The second-order valence-electron chi connectivity index (χ2n) is 7.76. The Morgan fingerprint density at radius 2 is 0.731 bits per heavy atom. The van der Waals surface area contributed by atoms with E-state index < -0.39 is 0 Å². The molecule has 0 aromatic carbocycles. The predicted octanol–water partition coefficient (Wildman–Crippen LogP) is 5.48. The summed E-state index contributed by atoms with van der Waals surface area (Å²) < 4.78 is 4.61. The lowest BCUT2D eigenvalue weighted by Crippen LogP contribution is -2.32. The fourth-order valence-corrected chi connectivity index (χ4v) is 3.36. The molecule has 0 fully saturated rings. The van der Waals surface area contributed by atoms with Gasteiger partial charge in [0.05, 0.1) is 0 Å². The zero-order valence-electron chi connectivity index (χ0n) is 17.0. The van der Waals surface area contributed by atoms with Crippen LogP contribution in [0.1, 0.15) is 75.3 Å². The number of pyridine rings is 2. The Labute approximate surface area is 160 Å². The summed E-state index contributed by atoms with van der Waals surface area (Å²) in [5, 5.41) is 0. The lowest BCUT2D eigenvalue weighted by molar-refractivity contribution is -0.697. The highest BCUT2D eigenvalue weighted by Gasteiger charge is 2.00. The largest absolute Gasteiger partial charge is 0.205 e. The number of rotatable bonds is 13. The standard InChI is InChI=1S/C24H38N2/c1-23-13-19-25(20-14-23)17-11-9-7-5-3-4-6-8-10-12-18-26-21-15-24(2)16-22-26/h13-16,19-22H,3-12,17-18H2,1-2H3/q+2. The molecule has 2 heterocycles. The molecule has 0 bridgehead atoms. The number of hydrogen-bond acceptors (Lipinski definition) is 0. The second-order valence-corrected chi connectivity index (χ2v) is 7.76. The van der Waals surface area contributed by atoms with E-state index in [0.29, 0.717) is 0 Å². The maximum atomic E-state index is 2.31. The molecule has 2 heteroatoms. The number of aryl methyl sites for hydroxylation is 4. The third-order valence-corrected chi connectivity index (χ3v) is 5.20. The van der Waals surface area contributed by atoms with Gasteiger partial charge in [-0.25, -0.2) is 9.13 Å². The van der Waals surface area contributed by atoms with Crippen molar-refractivity contribution in [3.8, 4) is 0 Å². The zero-order valence-corrected chi connectivity index (χ0v) is 17.0. The van der Waals surface area contributed by atoms with Crippen molar-refractivity contribution in [1.82, 2.24) is 0 Å². The molecule has 26 heavy (non-hydrogen) atoms. The van der Waals surface area contributed by atoms with Gasteiger partial charge in [0.25, 0.3) is 0 Å². The minimum Gasteiger partial charge on any atom is -0.205 e. The maximum absolute atomic E-state index is 2.31. The predicted molar refractivity (Wildman–Crippen MR) is 109 cm³/mol. The van der Waals surface area contributed by atoms with Crippen LogP contribution in [-0.2, 0) is 13.1 Å². The van der Waals surface area contributed by atoms with Gasteiger partial charge in [0, 0.05) is 37.1 Å². The van der Waals surface area contributed by atoms with Crippen LogP contribution in [0.2, 0.25) is 0 Å². The highest BCUT2D eigenvalue weighted by Crippen LogP contribution is 2.10. The summed E-state index contributed by atoms with van der Waals surface area (Å²) >= 11 is 0. The topological polar surface area (TPSA) is 7.76 Å². The Bertz CT molecular complexity index is 531. The van der Waals surface area contributed by atoms with Crippen molar-refractivity contribution in [1.29, 1.82) is 0 Å². The molecule has 0 radical (unpaired) electrons. The van der Waals surface area contributed by atoms with Crippen LogP contribution in [0.3, 0.4) is 0 Å². The molecule has 0 atom stereocenters. The molecule has 0 saturated heterocycles. The van der Waals surface area contributed by atoms with Gasteiger partial charge in [0.1, 0.15) is 13.1 Å². The molecule has 0 aliphatic rings. The van der Waals surface area contributed by atoms with Crippen molar-refractivity contribution in [3.63, 3.8) is 0 Å².